The van der Waals surface area contributed by atoms with Crippen molar-refractivity contribution in [2.24, 2.45) is 7.05 Å². The van der Waals surface area contributed by atoms with Crippen molar-refractivity contribution >= 4 is 39.2 Å². The summed E-state index contributed by atoms with van der Waals surface area (Å²) < 4.78 is 1.51. The molecule has 140 valence electrons. The van der Waals surface area contributed by atoms with E-state index in [9.17, 15) is 9.59 Å². The number of fused-ring (bicyclic) bond motifs is 3. The fourth-order valence-electron chi connectivity index (χ4n) is 3.18. The van der Waals surface area contributed by atoms with Gasteiger partial charge in [-0.2, -0.15) is 10.5 Å². The first-order valence-electron chi connectivity index (χ1n) is 8.72. The molecule has 0 aliphatic heterocycles. The molecule has 0 spiro atoms. The predicted octanol–water partition coefficient (Wildman–Crippen LogP) is 2.23. The number of thioether (sulfide) groups is 1. The van der Waals surface area contributed by atoms with Crippen molar-refractivity contribution in [2.45, 2.75) is 37.3 Å². The summed E-state index contributed by atoms with van der Waals surface area (Å²) in [6, 6.07) is 4.04. The first-order valence-corrected chi connectivity index (χ1v) is 10.5. The number of nitrogens with zero attached hydrogens (tertiary/aromatic N) is 5. The largest absolute Gasteiger partial charge is 0.340 e. The Morgan fingerprint density at radius 3 is 2.67 bits per heavy atom. The van der Waals surface area contributed by atoms with Gasteiger partial charge >= 0.3 is 0 Å². The Balaban J connectivity index is 1.77. The second-order valence-corrected chi connectivity index (χ2v) is 8.31. The number of carbonyl (C=O) groups is 1. The lowest BCUT2D eigenvalue weighted by atomic mass is 10.2. The summed E-state index contributed by atoms with van der Waals surface area (Å²) >= 11 is 2.80. The highest BCUT2D eigenvalue weighted by molar-refractivity contribution is 7.99. The molecule has 0 aromatic carbocycles. The first-order chi connectivity index (χ1) is 13.1. The molecule has 1 aliphatic carbocycles. The van der Waals surface area contributed by atoms with Crippen molar-refractivity contribution in [2.75, 3.05) is 18.8 Å². The topological polar surface area (TPSA) is 103 Å². The van der Waals surface area contributed by atoms with Gasteiger partial charge in [0.25, 0.3) is 5.56 Å². The van der Waals surface area contributed by atoms with Crippen molar-refractivity contribution in [3.63, 3.8) is 0 Å². The van der Waals surface area contributed by atoms with Crippen molar-refractivity contribution in [3.8, 4) is 12.1 Å². The van der Waals surface area contributed by atoms with E-state index >= 15 is 0 Å². The minimum absolute atomic E-state index is 0.0554. The van der Waals surface area contributed by atoms with Crippen LogP contribution in [-0.2, 0) is 24.7 Å². The maximum Gasteiger partial charge on any atom is 0.262 e. The molecule has 0 unspecified atom stereocenters. The van der Waals surface area contributed by atoms with Crippen molar-refractivity contribution < 1.29 is 4.79 Å². The van der Waals surface area contributed by atoms with Crippen LogP contribution in [0.2, 0.25) is 0 Å². The van der Waals surface area contributed by atoms with E-state index in [1.165, 1.54) is 26.1 Å². The van der Waals surface area contributed by atoms with Crippen LogP contribution in [0.1, 0.15) is 29.7 Å². The van der Waals surface area contributed by atoms with Crippen LogP contribution in [0, 0.1) is 22.7 Å². The number of hydrogen-bond donors (Lipinski definition) is 0. The Kier molecular flexibility index (Phi) is 6.15. The molecule has 0 atom stereocenters. The van der Waals surface area contributed by atoms with E-state index in [1.54, 1.807) is 18.4 Å². The van der Waals surface area contributed by atoms with Gasteiger partial charge in [0.05, 0.1) is 36.1 Å². The molecule has 2 heterocycles. The van der Waals surface area contributed by atoms with Crippen LogP contribution in [0.3, 0.4) is 0 Å². The second kappa shape index (κ2) is 8.55. The quantitative estimate of drug-likeness (QED) is 0.521. The predicted molar refractivity (Wildman–Crippen MR) is 105 cm³/mol. The van der Waals surface area contributed by atoms with Gasteiger partial charge in [-0.25, -0.2) is 4.98 Å². The standard InChI is InChI=1S/C18H19N5O2S2/c1-22-17(25)15-12-5-2-6-13(12)27-16(15)21-18(22)26-11-14(24)23(9-3-7-19)10-4-8-20/h2-6,9-11H2,1H3. The van der Waals surface area contributed by atoms with E-state index in [0.29, 0.717) is 18.2 Å². The maximum absolute atomic E-state index is 12.8. The van der Waals surface area contributed by atoms with E-state index in [-0.39, 0.29) is 30.1 Å². The smallest absolute Gasteiger partial charge is 0.262 e. The number of nitriles is 2. The number of aryl methyl sites for hydroxylation is 2. The van der Waals surface area contributed by atoms with Gasteiger partial charge in [0.2, 0.25) is 5.91 Å². The van der Waals surface area contributed by atoms with Gasteiger partial charge in [0.15, 0.2) is 5.16 Å². The molecule has 1 aliphatic rings. The molecule has 0 radical (unpaired) electrons. The second-order valence-electron chi connectivity index (χ2n) is 6.28. The SMILES string of the molecule is Cn1c(SCC(=O)N(CCC#N)CCC#N)nc2sc3c(c2c1=O)CCC3. The molecule has 3 rings (SSSR count). The third kappa shape index (κ3) is 4.00. The summed E-state index contributed by atoms with van der Waals surface area (Å²) in [4.78, 5) is 33.4. The fraction of sp³-hybridized carbons (Fsp3) is 0.500. The lowest BCUT2D eigenvalue weighted by molar-refractivity contribution is -0.128. The zero-order chi connectivity index (χ0) is 19.4. The highest BCUT2D eigenvalue weighted by atomic mass is 32.2. The molecule has 1 amide bonds. The Labute approximate surface area is 165 Å². The highest BCUT2D eigenvalue weighted by Crippen LogP contribution is 2.35. The van der Waals surface area contributed by atoms with Gasteiger partial charge < -0.3 is 4.90 Å². The van der Waals surface area contributed by atoms with Crippen LogP contribution in [0.25, 0.3) is 10.2 Å². The van der Waals surface area contributed by atoms with E-state index in [1.807, 2.05) is 12.1 Å². The Bertz CT molecular complexity index is 994. The number of thiophene rings is 1. The van der Waals surface area contributed by atoms with E-state index in [2.05, 4.69) is 4.98 Å². The molecule has 0 fully saturated rings. The molecule has 7 nitrogen and oxygen atoms in total. The van der Waals surface area contributed by atoms with Crippen LogP contribution in [0.15, 0.2) is 9.95 Å². The maximum atomic E-state index is 12.8. The van der Waals surface area contributed by atoms with Crippen LogP contribution in [0.4, 0.5) is 0 Å². The Morgan fingerprint density at radius 2 is 2.00 bits per heavy atom. The number of aromatic nitrogens is 2. The molecule has 0 N–H and O–H groups in total. The summed E-state index contributed by atoms with van der Waals surface area (Å²) in [7, 11) is 1.68. The molecule has 2 aromatic rings. The van der Waals surface area contributed by atoms with E-state index < -0.39 is 0 Å². The zero-order valence-electron chi connectivity index (χ0n) is 15.0. The van der Waals surface area contributed by atoms with Crippen molar-refractivity contribution in [1.29, 1.82) is 10.5 Å². The minimum atomic E-state index is -0.159. The average Bonchev–Trinajstić information content (AvgIpc) is 3.24. The molecular formula is C18H19N5O2S2. The van der Waals surface area contributed by atoms with E-state index in [4.69, 9.17) is 10.5 Å². The zero-order valence-corrected chi connectivity index (χ0v) is 16.7. The van der Waals surface area contributed by atoms with Crippen molar-refractivity contribution in [3.05, 3.63) is 20.8 Å². The van der Waals surface area contributed by atoms with Gasteiger partial charge in [-0.3, -0.25) is 14.2 Å². The van der Waals surface area contributed by atoms with Gasteiger partial charge in [-0.05, 0) is 24.8 Å². The van der Waals surface area contributed by atoms with Gasteiger partial charge in [0.1, 0.15) is 4.83 Å². The van der Waals surface area contributed by atoms with Crippen LogP contribution in [0.5, 0.6) is 0 Å². The fourth-order valence-corrected chi connectivity index (χ4v) is 5.36. The number of hydrogen-bond acceptors (Lipinski definition) is 7. The minimum Gasteiger partial charge on any atom is -0.340 e. The van der Waals surface area contributed by atoms with Gasteiger partial charge in [0, 0.05) is 25.0 Å². The molecule has 2 aromatic heterocycles. The summed E-state index contributed by atoms with van der Waals surface area (Å²) in [5, 5.41) is 18.7. The van der Waals surface area contributed by atoms with Crippen molar-refractivity contribution in [1.82, 2.24) is 14.5 Å². The summed E-state index contributed by atoms with van der Waals surface area (Å²) in [6.07, 6.45) is 3.49. The first kappa shape index (κ1) is 19.4. The molecular weight excluding hydrogens is 382 g/mol. The number of rotatable bonds is 7. The van der Waals surface area contributed by atoms with Gasteiger partial charge in [-0.1, -0.05) is 11.8 Å². The molecule has 0 saturated carbocycles. The average molecular weight is 402 g/mol. The lowest BCUT2D eigenvalue weighted by Gasteiger charge is -2.20. The van der Waals surface area contributed by atoms with E-state index in [0.717, 1.165) is 35.0 Å². The number of carbonyl (C=O) groups excluding carboxylic acids is 1. The third-order valence-electron chi connectivity index (χ3n) is 4.57. The molecule has 27 heavy (non-hydrogen) atoms. The normalized spacial score (nSPS) is 12.6. The monoisotopic (exact) mass is 401 g/mol. The Hall–Kier alpha value is -2.36. The van der Waals surface area contributed by atoms with Crippen LogP contribution in [-0.4, -0.2) is 39.2 Å². The molecule has 0 bridgehead atoms. The van der Waals surface area contributed by atoms with Gasteiger partial charge in [-0.15, -0.1) is 11.3 Å². The summed E-state index contributed by atoms with van der Waals surface area (Å²) in [5.74, 6) is -0.0400. The van der Waals surface area contributed by atoms with Crippen LogP contribution >= 0.6 is 23.1 Å². The third-order valence-corrected chi connectivity index (χ3v) is 6.77. The number of amides is 1. The molecule has 9 heteroatoms. The van der Waals surface area contributed by atoms with Crippen LogP contribution < -0.4 is 5.56 Å². The Morgan fingerprint density at radius 1 is 1.30 bits per heavy atom. The molecule has 0 saturated heterocycles. The lowest BCUT2D eigenvalue weighted by Crippen LogP contribution is -2.34. The summed E-state index contributed by atoms with van der Waals surface area (Å²) in [5.41, 5.74) is 1.09. The summed E-state index contributed by atoms with van der Waals surface area (Å²) in [6.45, 7) is 0.612. The highest BCUT2D eigenvalue weighted by Gasteiger charge is 2.23.